The molecule has 0 spiro atoms. The number of aromatic nitrogens is 3. The number of carbonyl (C=O) groups is 1. The van der Waals surface area contributed by atoms with Crippen molar-refractivity contribution in [2.75, 3.05) is 12.3 Å². The average Bonchev–Trinajstić information content (AvgIpc) is 3.58. The van der Waals surface area contributed by atoms with Gasteiger partial charge >= 0.3 is 12.4 Å². The van der Waals surface area contributed by atoms with Crippen LogP contribution in [0.2, 0.25) is 0 Å². The summed E-state index contributed by atoms with van der Waals surface area (Å²) >= 11 is 0. The van der Waals surface area contributed by atoms with Crippen LogP contribution in [0.3, 0.4) is 0 Å². The van der Waals surface area contributed by atoms with Crippen molar-refractivity contribution in [3.05, 3.63) is 83.4 Å². The number of halogens is 6. The fraction of sp³-hybridized carbons (Fsp3) is 0.387. The maximum absolute atomic E-state index is 13.6. The molecule has 3 aliphatic rings. The van der Waals surface area contributed by atoms with E-state index >= 15 is 0 Å². The van der Waals surface area contributed by atoms with Crippen LogP contribution in [-0.2, 0) is 16.4 Å². The van der Waals surface area contributed by atoms with Gasteiger partial charge in [-0.3, -0.25) is 9.20 Å². The van der Waals surface area contributed by atoms with E-state index < -0.39 is 47.6 Å². The van der Waals surface area contributed by atoms with Crippen molar-refractivity contribution in [1.29, 1.82) is 0 Å². The van der Waals surface area contributed by atoms with Crippen molar-refractivity contribution < 1.29 is 31.1 Å². The van der Waals surface area contributed by atoms with Crippen molar-refractivity contribution in [3.63, 3.8) is 0 Å². The van der Waals surface area contributed by atoms with Gasteiger partial charge in [0.15, 0.2) is 0 Å². The number of anilines is 1. The van der Waals surface area contributed by atoms with E-state index in [1.54, 1.807) is 16.7 Å². The van der Waals surface area contributed by atoms with Gasteiger partial charge in [-0.05, 0) is 42.9 Å². The molecule has 2 aromatic carbocycles. The molecule has 4 heterocycles. The highest BCUT2D eigenvalue weighted by Gasteiger charge is 2.55. The normalized spacial score (nSPS) is 23.5. The van der Waals surface area contributed by atoms with E-state index in [-0.39, 0.29) is 24.7 Å². The second-order valence-corrected chi connectivity index (χ2v) is 11.8. The van der Waals surface area contributed by atoms with E-state index in [0.717, 1.165) is 30.0 Å². The Hall–Kier alpha value is -4.09. The second-order valence-electron chi connectivity index (χ2n) is 11.8. The molecule has 2 saturated heterocycles. The molecule has 3 fully saturated rings. The first-order valence-electron chi connectivity index (χ1n) is 14.1. The van der Waals surface area contributed by atoms with Crippen LogP contribution >= 0.6 is 0 Å². The van der Waals surface area contributed by atoms with E-state index in [4.69, 9.17) is 10.7 Å². The first kappa shape index (κ1) is 27.7. The summed E-state index contributed by atoms with van der Waals surface area (Å²) in [6.07, 6.45) is -4.04. The van der Waals surface area contributed by atoms with Gasteiger partial charge in [0.25, 0.3) is 0 Å². The zero-order valence-corrected chi connectivity index (χ0v) is 22.8. The van der Waals surface area contributed by atoms with E-state index in [9.17, 15) is 31.1 Å². The number of nitrogens with two attached hydrogens (primary N) is 1. The lowest BCUT2D eigenvalue weighted by molar-refractivity contribution is -0.182. The fourth-order valence-electron chi connectivity index (χ4n) is 7.07. The Morgan fingerprint density at radius 1 is 0.953 bits per heavy atom. The molecule has 2 aliphatic heterocycles. The third-order valence-corrected chi connectivity index (χ3v) is 9.41. The van der Waals surface area contributed by atoms with Crippen LogP contribution in [0.25, 0.3) is 16.8 Å². The summed E-state index contributed by atoms with van der Waals surface area (Å²) in [5.41, 5.74) is 8.46. The molecule has 2 N–H and O–H groups in total. The number of rotatable bonds is 4. The smallest absolute Gasteiger partial charge is 0.382 e. The zero-order chi connectivity index (χ0) is 30.3. The molecular weight excluding hydrogens is 572 g/mol. The number of amides is 1. The van der Waals surface area contributed by atoms with Gasteiger partial charge < -0.3 is 10.6 Å². The first-order valence-corrected chi connectivity index (χ1v) is 14.1. The van der Waals surface area contributed by atoms with Crippen molar-refractivity contribution in [2.45, 2.75) is 61.8 Å². The average molecular weight is 600 g/mol. The lowest BCUT2D eigenvalue weighted by atomic mass is 9.86. The van der Waals surface area contributed by atoms with Gasteiger partial charge in [-0.2, -0.15) is 26.3 Å². The minimum atomic E-state index is -4.43. The summed E-state index contributed by atoms with van der Waals surface area (Å²) < 4.78 is 82.6. The lowest BCUT2D eigenvalue weighted by Gasteiger charge is -2.37. The highest BCUT2D eigenvalue weighted by atomic mass is 19.4. The van der Waals surface area contributed by atoms with Crippen LogP contribution < -0.4 is 5.73 Å². The summed E-state index contributed by atoms with van der Waals surface area (Å²) in [7, 11) is 0. The summed E-state index contributed by atoms with van der Waals surface area (Å²) in [6, 6.07) is 12.1. The highest BCUT2D eigenvalue weighted by molar-refractivity contribution is 5.85. The molecule has 3 atom stereocenters. The monoisotopic (exact) mass is 599 g/mol. The Kier molecular flexibility index (Phi) is 6.10. The molecule has 6 nitrogen and oxygen atoms in total. The second kappa shape index (κ2) is 9.45. The maximum Gasteiger partial charge on any atom is 0.416 e. The third-order valence-electron chi connectivity index (χ3n) is 9.41. The topological polar surface area (TPSA) is 76.5 Å². The van der Waals surface area contributed by atoms with Gasteiger partial charge in [0.05, 0.1) is 11.5 Å². The standard InChI is InChI=1S/C31H27F6N5O/c32-30(33,34)21-3-1-2-20(14-21)29(10-11-29)19-7-4-17(5-8-19)25-26-27(38)39-12-13-41(26)28(40-25)18-6-9-23-22(31(35,36)37)15-24(43)42(23)16-18/h1-5,7-8,12-14,18,22-23H,6,9-11,15-16H2,(H2,38,39)/t18-,22?,23-/m1/s1. The van der Waals surface area contributed by atoms with Crippen molar-refractivity contribution in [2.24, 2.45) is 5.92 Å². The molecule has 1 aliphatic carbocycles. The minimum Gasteiger partial charge on any atom is -0.382 e. The highest BCUT2D eigenvalue weighted by Crippen LogP contribution is 2.54. The van der Waals surface area contributed by atoms with Crippen LogP contribution in [-0.4, -0.2) is 43.9 Å². The summed E-state index contributed by atoms with van der Waals surface area (Å²) in [6.45, 7) is 0.134. The number of imidazole rings is 1. The van der Waals surface area contributed by atoms with E-state index in [1.807, 2.05) is 24.3 Å². The lowest BCUT2D eigenvalue weighted by Crippen LogP contribution is -2.45. The molecule has 1 amide bonds. The van der Waals surface area contributed by atoms with Crippen LogP contribution in [0.4, 0.5) is 32.2 Å². The summed E-state index contributed by atoms with van der Waals surface area (Å²) in [5.74, 6) is -1.63. The Morgan fingerprint density at radius 2 is 1.70 bits per heavy atom. The van der Waals surface area contributed by atoms with Crippen LogP contribution in [0, 0.1) is 5.92 Å². The van der Waals surface area contributed by atoms with E-state index in [2.05, 4.69) is 4.98 Å². The number of piperidine rings is 1. The summed E-state index contributed by atoms with van der Waals surface area (Å²) in [5, 5.41) is 0. The third kappa shape index (κ3) is 4.53. The molecule has 1 saturated carbocycles. The molecule has 0 radical (unpaired) electrons. The van der Waals surface area contributed by atoms with Gasteiger partial charge in [-0.25, -0.2) is 9.97 Å². The van der Waals surface area contributed by atoms with Crippen LogP contribution in [0.1, 0.15) is 60.5 Å². The van der Waals surface area contributed by atoms with E-state index in [0.29, 0.717) is 29.0 Å². The van der Waals surface area contributed by atoms with Gasteiger partial charge in [0.2, 0.25) is 5.91 Å². The Morgan fingerprint density at radius 3 is 2.37 bits per heavy atom. The number of hydrogen-bond acceptors (Lipinski definition) is 4. The molecular formula is C31H27F6N5O. The fourth-order valence-corrected chi connectivity index (χ4v) is 7.07. The molecule has 1 unspecified atom stereocenters. The Bertz CT molecular complexity index is 1720. The van der Waals surface area contributed by atoms with E-state index in [1.165, 1.54) is 23.2 Å². The van der Waals surface area contributed by atoms with Crippen molar-refractivity contribution in [3.8, 4) is 11.3 Å². The van der Waals surface area contributed by atoms with Gasteiger partial charge in [-0.15, -0.1) is 0 Å². The minimum absolute atomic E-state index is 0.134. The predicted molar refractivity (Wildman–Crippen MR) is 146 cm³/mol. The van der Waals surface area contributed by atoms with Crippen LogP contribution in [0.5, 0.6) is 0 Å². The number of fused-ring (bicyclic) bond motifs is 2. The predicted octanol–water partition coefficient (Wildman–Crippen LogP) is 6.73. The van der Waals surface area contributed by atoms with Gasteiger partial charge in [0, 0.05) is 48.3 Å². The number of carbonyl (C=O) groups excluding carboxylic acids is 1. The number of hydrogen-bond donors (Lipinski definition) is 1. The first-order chi connectivity index (χ1) is 20.4. The van der Waals surface area contributed by atoms with Crippen LogP contribution in [0.15, 0.2) is 60.9 Å². The molecule has 12 heteroatoms. The molecule has 4 aromatic rings. The Balaban J connectivity index is 1.21. The van der Waals surface area contributed by atoms with Crippen molar-refractivity contribution in [1.82, 2.24) is 19.3 Å². The number of alkyl halides is 6. The zero-order valence-electron chi connectivity index (χ0n) is 22.8. The van der Waals surface area contributed by atoms with Crippen molar-refractivity contribution >= 4 is 17.2 Å². The largest absolute Gasteiger partial charge is 0.416 e. The quantitative estimate of drug-likeness (QED) is 0.264. The molecule has 7 rings (SSSR count). The van der Waals surface area contributed by atoms with Gasteiger partial charge in [-0.1, -0.05) is 42.5 Å². The number of nitrogens with zero attached hydrogens (tertiary/aromatic N) is 4. The molecule has 0 bridgehead atoms. The van der Waals surface area contributed by atoms with Gasteiger partial charge in [0.1, 0.15) is 22.9 Å². The number of benzene rings is 2. The maximum atomic E-state index is 13.6. The molecule has 2 aromatic heterocycles. The SMILES string of the molecule is Nc1nccn2c([C@@H]3CC[C@@H]4C(C(F)(F)F)CC(=O)N4C3)nc(-c3ccc(C4(c5cccc(C(F)(F)F)c5)CC4)cc3)c12. The summed E-state index contributed by atoms with van der Waals surface area (Å²) in [4.78, 5) is 23.1. The molecule has 43 heavy (non-hydrogen) atoms. The molecule has 224 valence electrons. The Labute approximate surface area is 242 Å². The number of nitrogen functional groups attached to an aromatic ring is 1.